The van der Waals surface area contributed by atoms with Crippen LogP contribution in [0, 0.1) is 0 Å². The van der Waals surface area contributed by atoms with Crippen molar-refractivity contribution in [2.24, 2.45) is 0 Å². The Kier molecular flexibility index (Phi) is 4.96. The standard InChI is InChI=1S/C11H15F2N3O3/c1-11(2,3)19-10(17)14-8-4-5-9(16-15-8)18-6-7(12)13/h4-5,7H,6H2,1-3H3,(H,14,15,17). The molecule has 0 saturated carbocycles. The average molecular weight is 275 g/mol. The van der Waals surface area contributed by atoms with Gasteiger partial charge in [-0.15, -0.1) is 10.2 Å². The lowest BCUT2D eigenvalue weighted by Crippen LogP contribution is -2.27. The molecule has 6 nitrogen and oxygen atoms in total. The summed E-state index contributed by atoms with van der Waals surface area (Å²) in [5.74, 6) is 0.0914. The van der Waals surface area contributed by atoms with Gasteiger partial charge in [0.2, 0.25) is 5.88 Å². The average Bonchev–Trinajstić information content (AvgIpc) is 2.25. The largest absolute Gasteiger partial charge is 0.471 e. The molecule has 0 radical (unpaired) electrons. The molecule has 8 heteroatoms. The molecule has 0 aromatic carbocycles. The number of alkyl halides is 2. The number of hydrogen-bond acceptors (Lipinski definition) is 5. The molecule has 0 saturated heterocycles. The molecule has 1 rings (SSSR count). The third kappa shape index (κ3) is 6.49. The first-order valence-electron chi connectivity index (χ1n) is 5.51. The fraction of sp³-hybridized carbons (Fsp3) is 0.545. The zero-order chi connectivity index (χ0) is 14.5. The number of halogens is 2. The van der Waals surface area contributed by atoms with E-state index in [9.17, 15) is 13.6 Å². The van der Waals surface area contributed by atoms with Gasteiger partial charge in [0, 0.05) is 6.07 Å². The second kappa shape index (κ2) is 6.26. The fourth-order valence-corrected chi connectivity index (χ4v) is 1.02. The highest BCUT2D eigenvalue weighted by atomic mass is 19.3. The number of anilines is 1. The second-order valence-corrected chi connectivity index (χ2v) is 4.59. The number of nitrogens with one attached hydrogen (secondary N) is 1. The number of aromatic nitrogens is 2. The van der Waals surface area contributed by atoms with E-state index in [1.54, 1.807) is 20.8 Å². The van der Waals surface area contributed by atoms with Crippen LogP contribution in [0.1, 0.15) is 20.8 Å². The highest BCUT2D eigenvalue weighted by Gasteiger charge is 2.16. The molecule has 0 unspecified atom stereocenters. The van der Waals surface area contributed by atoms with Gasteiger partial charge in [-0.3, -0.25) is 5.32 Å². The van der Waals surface area contributed by atoms with E-state index in [4.69, 9.17) is 4.74 Å². The molecule has 0 atom stereocenters. The van der Waals surface area contributed by atoms with E-state index < -0.39 is 24.7 Å². The molecule has 0 spiro atoms. The Morgan fingerprint density at radius 1 is 1.37 bits per heavy atom. The van der Waals surface area contributed by atoms with Crippen LogP contribution in [0.15, 0.2) is 12.1 Å². The third-order valence-electron chi connectivity index (χ3n) is 1.63. The van der Waals surface area contributed by atoms with Gasteiger partial charge in [-0.25, -0.2) is 13.6 Å². The monoisotopic (exact) mass is 275 g/mol. The zero-order valence-electron chi connectivity index (χ0n) is 10.8. The maximum atomic E-state index is 11.9. The molecule has 106 valence electrons. The highest BCUT2D eigenvalue weighted by molar-refractivity contribution is 5.83. The van der Waals surface area contributed by atoms with Crippen LogP contribution in [-0.2, 0) is 4.74 Å². The number of carbonyl (C=O) groups is 1. The lowest BCUT2D eigenvalue weighted by molar-refractivity contribution is 0.0635. The van der Waals surface area contributed by atoms with Crippen LogP contribution < -0.4 is 10.1 Å². The number of carbonyl (C=O) groups excluding carboxylic acids is 1. The van der Waals surface area contributed by atoms with Gasteiger partial charge in [-0.05, 0) is 26.8 Å². The van der Waals surface area contributed by atoms with Crippen molar-refractivity contribution in [3.05, 3.63) is 12.1 Å². The molecule has 0 aliphatic heterocycles. The van der Waals surface area contributed by atoms with Crippen LogP contribution >= 0.6 is 0 Å². The molecule has 1 heterocycles. The molecule has 19 heavy (non-hydrogen) atoms. The summed E-state index contributed by atoms with van der Waals surface area (Å²) in [5.41, 5.74) is -0.627. The summed E-state index contributed by atoms with van der Waals surface area (Å²) in [5, 5.41) is 9.47. The van der Waals surface area contributed by atoms with Crippen LogP contribution in [0.3, 0.4) is 0 Å². The Morgan fingerprint density at radius 3 is 2.53 bits per heavy atom. The summed E-state index contributed by atoms with van der Waals surface area (Å²) >= 11 is 0. The molecular formula is C11H15F2N3O3. The van der Waals surface area contributed by atoms with Crippen molar-refractivity contribution in [3.8, 4) is 5.88 Å². The smallest absolute Gasteiger partial charge is 0.413 e. The zero-order valence-corrected chi connectivity index (χ0v) is 10.8. The molecule has 1 aromatic rings. The highest BCUT2D eigenvalue weighted by Crippen LogP contribution is 2.12. The number of rotatable bonds is 4. The summed E-state index contributed by atoms with van der Waals surface area (Å²) in [6, 6.07) is 2.69. The minimum Gasteiger partial charge on any atom is -0.471 e. The van der Waals surface area contributed by atoms with Crippen LogP contribution in [0.2, 0.25) is 0 Å². The van der Waals surface area contributed by atoms with Gasteiger partial charge in [0.25, 0.3) is 6.43 Å². The molecule has 0 aliphatic carbocycles. The van der Waals surface area contributed by atoms with Gasteiger partial charge < -0.3 is 9.47 Å². The summed E-state index contributed by atoms with van der Waals surface area (Å²) in [6.07, 6.45) is -3.26. The minimum atomic E-state index is -2.58. The lowest BCUT2D eigenvalue weighted by Gasteiger charge is -2.19. The lowest BCUT2D eigenvalue weighted by atomic mass is 10.2. The number of ether oxygens (including phenoxy) is 2. The molecule has 1 amide bonds. The predicted octanol–water partition coefficient (Wildman–Crippen LogP) is 2.47. The van der Waals surface area contributed by atoms with E-state index in [-0.39, 0.29) is 11.7 Å². The summed E-state index contributed by atoms with van der Waals surface area (Å²) < 4.78 is 33.4. The fourth-order valence-electron chi connectivity index (χ4n) is 1.02. The Labute approximate surface area is 109 Å². The minimum absolute atomic E-state index is 0.0463. The summed E-state index contributed by atoms with van der Waals surface area (Å²) in [7, 11) is 0. The van der Waals surface area contributed by atoms with Crippen molar-refractivity contribution in [1.29, 1.82) is 0 Å². The topological polar surface area (TPSA) is 73.3 Å². The van der Waals surface area contributed by atoms with Gasteiger partial charge in [0.1, 0.15) is 5.60 Å². The van der Waals surface area contributed by atoms with Gasteiger partial charge >= 0.3 is 6.09 Å². The Balaban J connectivity index is 2.50. The van der Waals surface area contributed by atoms with E-state index >= 15 is 0 Å². The van der Waals surface area contributed by atoms with E-state index in [2.05, 4.69) is 20.3 Å². The normalized spacial score (nSPS) is 11.3. The van der Waals surface area contributed by atoms with Gasteiger partial charge in [-0.2, -0.15) is 0 Å². The quantitative estimate of drug-likeness (QED) is 0.913. The molecule has 0 bridgehead atoms. The number of hydrogen-bond donors (Lipinski definition) is 1. The molecule has 0 aliphatic rings. The van der Waals surface area contributed by atoms with Gasteiger partial charge in [-0.1, -0.05) is 0 Å². The van der Waals surface area contributed by atoms with Gasteiger partial charge in [0.15, 0.2) is 12.4 Å². The van der Waals surface area contributed by atoms with Crippen molar-refractivity contribution in [2.45, 2.75) is 32.8 Å². The summed E-state index contributed by atoms with van der Waals surface area (Å²) in [4.78, 5) is 11.4. The van der Waals surface area contributed by atoms with Crippen molar-refractivity contribution in [3.63, 3.8) is 0 Å². The van der Waals surface area contributed by atoms with E-state index in [1.165, 1.54) is 12.1 Å². The van der Waals surface area contributed by atoms with E-state index in [0.29, 0.717) is 0 Å². The second-order valence-electron chi connectivity index (χ2n) is 4.59. The number of nitrogens with zero attached hydrogens (tertiary/aromatic N) is 2. The Bertz CT molecular complexity index is 418. The first kappa shape index (κ1) is 15.1. The third-order valence-corrected chi connectivity index (χ3v) is 1.63. The van der Waals surface area contributed by atoms with Crippen LogP contribution in [0.25, 0.3) is 0 Å². The van der Waals surface area contributed by atoms with E-state index in [0.717, 1.165) is 0 Å². The molecular weight excluding hydrogens is 260 g/mol. The maximum Gasteiger partial charge on any atom is 0.413 e. The van der Waals surface area contributed by atoms with Crippen molar-refractivity contribution >= 4 is 11.9 Å². The van der Waals surface area contributed by atoms with Crippen LogP contribution in [0.4, 0.5) is 19.4 Å². The first-order valence-corrected chi connectivity index (χ1v) is 5.51. The van der Waals surface area contributed by atoms with Crippen molar-refractivity contribution in [2.75, 3.05) is 11.9 Å². The summed E-state index contributed by atoms with van der Waals surface area (Å²) in [6.45, 7) is 4.41. The predicted molar refractivity (Wildman–Crippen MR) is 63.4 cm³/mol. The SMILES string of the molecule is CC(C)(C)OC(=O)Nc1ccc(OCC(F)F)nn1. The van der Waals surface area contributed by atoms with Crippen LogP contribution in [0.5, 0.6) is 5.88 Å². The molecule has 1 N–H and O–H groups in total. The maximum absolute atomic E-state index is 11.9. The number of amides is 1. The van der Waals surface area contributed by atoms with Crippen LogP contribution in [-0.4, -0.2) is 34.9 Å². The Hall–Kier alpha value is -1.99. The van der Waals surface area contributed by atoms with E-state index in [1.807, 2.05) is 0 Å². The molecule has 1 aromatic heterocycles. The van der Waals surface area contributed by atoms with Crippen molar-refractivity contribution < 1.29 is 23.0 Å². The molecule has 0 fully saturated rings. The Morgan fingerprint density at radius 2 is 2.05 bits per heavy atom. The van der Waals surface area contributed by atoms with Gasteiger partial charge in [0.05, 0.1) is 0 Å². The first-order chi connectivity index (χ1) is 8.76. The van der Waals surface area contributed by atoms with Crippen molar-refractivity contribution in [1.82, 2.24) is 10.2 Å².